The first-order valence-electron chi connectivity index (χ1n) is 1.06. The van der Waals surface area contributed by atoms with Gasteiger partial charge in [0.1, 0.15) is 0 Å². The molecular formula is CH4F2NP. The molecular weight excluding hydrogens is 95.0 g/mol. The molecule has 0 aliphatic rings. The third-order valence-electron chi connectivity index (χ3n) is 0.169. The van der Waals surface area contributed by atoms with Gasteiger partial charge in [-0.25, -0.2) is 5.09 Å². The summed E-state index contributed by atoms with van der Waals surface area (Å²) in [5.74, 6) is 0. The third kappa shape index (κ3) is 4.25. The van der Waals surface area contributed by atoms with Crippen molar-refractivity contribution in [3.05, 3.63) is 0 Å². The molecule has 0 rings (SSSR count). The van der Waals surface area contributed by atoms with Crippen LogP contribution in [0.15, 0.2) is 0 Å². The molecule has 0 bridgehead atoms. The fourth-order valence-electron chi connectivity index (χ4n) is 0. The highest BCUT2D eigenvalue weighted by atomic mass is 31.2. The summed E-state index contributed by atoms with van der Waals surface area (Å²) in [5.41, 5.74) is 0. The monoisotopic (exact) mass is 99.0 g/mol. The molecule has 0 aromatic rings. The molecule has 32 valence electrons. The van der Waals surface area contributed by atoms with Gasteiger partial charge in [-0.1, -0.05) is 0 Å². The van der Waals surface area contributed by atoms with E-state index in [0.29, 0.717) is 0 Å². The first-order valence-corrected chi connectivity index (χ1v) is 2.19. The molecule has 0 aliphatic heterocycles. The Morgan fingerprint density at radius 2 is 1.80 bits per heavy atom. The van der Waals surface area contributed by atoms with Gasteiger partial charge in [0.15, 0.2) is 0 Å². The van der Waals surface area contributed by atoms with Gasteiger partial charge < -0.3 is 0 Å². The van der Waals surface area contributed by atoms with Gasteiger partial charge in [-0.2, -0.15) is 8.39 Å². The lowest BCUT2D eigenvalue weighted by Crippen LogP contribution is -1.86. The van der Waals surface area contributed by atoms with Crippen LogP contribution < -0.4 is 5.09 Å². The molecule has 0 radical (unpaired) electrons. The van der Waals surface area contributed by atoms with Crippen LogP contribution in [0.1, 0.15) is 0 Å². The van der Waals surface area contributed by atoms with Crippen LogP contribution in [0.5, 0.6) is 0 Å². The quantitative estimate of drug-likeness (QED) is 0.489. The minimum absolute atomic E-state index is 1.23. The average molecular weight is 99.0 g/mol. The van der Waals surface area contributed by atoms with Gasteiger partial charge in [-0.3, -0.25) is 0 Å². The molecule has 0 heterocycles. The minimum atomic E-state index is -2.85. The van der Waals surface area contributed by atoms with Crippen molar-refractivity contribution >= 4 is 8.69 Å². The summed E-state index contributed by atoms with van der Waals surface area (Å²) in [7, 11) is -1.62. The van der Waals surface area contributed by atoms with Gasteiger partial charge in [0.05, 0.1) is 0 Å². The first-order chi connectivity index (χ1) is 2.27. The normalized spacial score (nSPS) is 9.60. The second-order valence-corrected chi connectivity index (χ2v) is 1.37. The van der Waals surface area contributed by atoms with E-state index in [-0.39, 0.29) is 0 Å². The molecule has 0 aromatic heterocycles. The van der Waals surface area contributed by atoms with Crippen LogP contribution in [0, 0.1) is 0 Å². The van der Waals surface area contributed by atoms with Crippen molar-refractivity contribution in [3.63, 3.8) is 0 Å². The number of hydrogen-bond acceptors (Lipinski definition) is 1. The second-order valence-electron chi connectivity index (χ2n) is 0.457. The molecule has 0 spiro atoms. The van der Waals surface area contributed by atoms with Crippen LogP contribution in [0.3, 0.4) is 0 Å². The Bertz CT molecular complexity index is 23.6. The molecule has 0 fully saturated rings. The summed E-state index contributed by atoms with van der Waals surface area (Å²) in [6.07, 6.45) is 0. The standard InChI is InChI=1S/CH4F2NP/c1-4-5(2)3/h4H,1H3. The van der Waals surface area contributed by atoms with Gasteiger partial charge in [0, 0.05) is 0 Å². The molecule has 0 atom stereocenters. The first kappa shape index (κ1) is 5.25. The largest absolute Gasteiger partial charge is 0.342 e. The Balaban J connectivity index is 2.54. The summed E-state index contributed by atoms with van der Waals surface area (Å²) in [4.78, 5) is 0. The summed E-state index contributed by atoms with van der Waals surface area (Å²) >= 11 is 0. The van der Waals surface area contributed by atoms with E-state index < -0.39 is 8.69 Å². The van der Waals surface area contributed by atoms with Gasteiger partial charge >= 0.3 is 8.69 Å². The molecule has 4 heteroatoms. The van der Waals surface area contributed by atoms with Gasteiger partial charge in [-0.05, 0) is 7.05 Å². The number of nitrogens with one attached hydrogen (secondary N) is 1. The molecule has 0 saturated heterocycles. The molecule has 0 saturated carbocycles. The van der Waals surface area contributed by atoms with Crippen LogP contribution >= 0.6 is 8.69 Å². The fourth-order valence-corrected chi connectivity index (χ4v) is 0. The van der Waals surface area contributed by atoms with Crippen molar-refractivity contribution in [2.45, 2.75) is 0 Å². The highest BCUT2D eigenvalue weighted by molar-refractivity contribution is 7.43. The molecule has 0 aliphatic carbocycles. The number of hydrogen-bond donors (Lipinski definition) is 1. The summed E-state index contributed by atoms with van der Waals surface area (Å²) < 4.78 is 21.4. The molecule has 1 N–H and O–H groups in total. The van der Waals surface area contributed by atoms with Crippen molar-refractivity contribution in [2.24, 2.45) is 0 Å². The lowest BCUT2D eigenvalue weighted by molar-refractivity contribution is 0.722. The second kappa shape index (κ2) is 2.49. The Labute approximate surface area is 30.4 Å². The number of halogens is 2. The topological polar surface area (TPSA) is 12.0 Å². The van der Waals surface area contributed by atoms with Crippen LogP contribution in [0.2, 0.25) is 0 Å². The third-order valence-corrected chi connectivity index (χ3v) is 0.507. The molecule has 5 heavy (non-hydrogen) atoms. The van der Waals surface area contributed by atoms with Crippen molar-refractivity contribution in [2.75, 3.05) is 7.05 Å². The maximum Gasteiger partial charge on any atom is 0.342 e. The SMILES string of the molecule is CNP(F)F. The molecule has 1 nitrogen and oxygen atoms in total. The minimum Gasteiger partial charge on any atom is -0.246 e. The average Bonchev–Trinajstić information content (AvgIpc) is 1.38. The van der Waals surface area contributed by atoms with E-state index in [1.807, 2.05) is 0 Å². The predicted molar refractivity (Wildman–Crippen MR) is 18.2 cm³/mol. The zero-order valence-corrected chi connectivity index (χ0v) is 3.60. The van der Waals surface area contributed by atoms with Gasteiger partial charge in [-0.15, -0.1) is 0 Å². The van der Waals surface area contributed by atoms with E-state index in [4.69, 9.17) is 0 Å². The fraction of sp³-hybridized carbons (Fsp3) is 1.00. The van der Waals surface area contributed by atoms with Crippen LogP contribution in [0.4, 0.5) is 8.39 Å². The van der Waals surface area contributed by atoms with E-state index in [1.54, 1.807) is 5.09 Å². The zero-order chi connectivity index (χ0) is 4.28. The summed E-state index contributed by atoms with van der Waals surface area (Å²) in [6, 6.07) is 0. The highest BCUT2D eigenvalue weighted by Crippen LogP contribution is 2.31. The molecule has 0 unspecified atom stereocenters. The van der Waals surface area contributed by atoms with Crippen LogP contribution in [0.25, 0.3) is 0 Å². The lowest BCUT2D eigenvalue weighted by Gasteiger charge is -1.83. The smallest absolute Gasteiger partial charge is 0.246 e. The van der Waals surface area contributed by atoms with Crippen LogP contribution in [-0.2, 0) is 0 Å². The van der Waals surface area contributed by atoms with E-state index in [9.17, 15) is 8.39 Å². The Morgan fingerprint density at radius 1 is 1.60 bits per heavy atom. The predicted octanol–water partition coefficient (Wildman–Crippen LogP) is 1.37. The maximum atomic E-state index is 10.7. The van der Waals surface area contributed by atoms with Gasteiger partial charge in [0.25, 0.3) is 0 Å². The van der Waals surface area contributed by atoms with E-state index in [1.165, 1.54) is 7.05 Å². The van der Waals surface area contributed by atoms with Crippen molar-refractivity contribution in [1.29, 1.82) is 0 Å². The van der Waals surface area contributed by atoms with Gasteiger partial charge in [0.2, 0.25) is 0 Å². The Morgan fingerprint density at radius 3 is 1.80 bits per heavy atom. The van der Waals surface area contributed by atoms with Crippen molar-refractivity contribution in [1.82, 2.24) is 5.09 Å². The molecule has 0 aromatic carbocycles. The van der Waals surface area contributed by atoms with E-state index in [0.717, 1.165) is 0 Å². The van der Waals surface area contributed by atoms with E-state index in [2.05, 4.69) is 0 Å². The lowest BCUT2D eigenvalue weighted by atomic mass is 11.6. The summed E-state index contributed by atoms with van der Waals surface area (Å²) in [6.45, 7) is 0. The Kier molecular flexibility index (Phi) is 2.61. The van der Waals surface area contributed by atoms with Crippen LogP contribution in [-0.4, -0.2) is 7.05 Å². The highest BCUT2D eigenvalue weighted by Gasteiger charge is 1.91. The van der Waals surface area contributed by atoms with Crippen molar-refractivity contribution < 1.29 is 8.39 Å². The zero-order valence-electron chi connectivity index (χ0n) is 2.70. The maximum absolute atomic E-state index is 10.7. The molecule has 0 amide bonds. The Hall–Kier alpha value is 0.250. The summed E-state index contributed by atoms with van der Waals surface area (Å²) in [5, 5.41) is 1.76. The van der Waals surface area contributed by atoms with Crippen molar-refractivity contribution in [3.8, 4) is 0 Å². The van der Waals surface area contributed by atoms with E-state index >= 15 is 0 Å². The number of rotatable bonds is 1.